The van der Waals surface area contributed by atoms with Crippen molar-refractivity contribution in [2.75, 3.05) is 6.54 Å². The topological polar surface area (TPSA) is 66.4 Å². The lowest BCUT2D eigenvalue weighted by Crippen LogP contribution is -2.28. The normalized spacial score (nSPS) is 11.9. The number of carbonyl (C=O) groups excluding carboxylic acids is 1. The molecule has 98 valence electrons. The first-order valence-electron chi connectivity index (χ1n) is 5.73. The number of hydrogen-bond acceptors (Lipinski definition) is 2. The Balaban J connectivity index is 2.27. The number of nitrogens with one attached hydrogen (secondary N) is 1. The molecule has 0 saturated heterocycles. The van der Waals surface area contributed by atoms with E-state index in [1.807, 2.05) is 12.1 Å². The van der Waals surface area contributed by atoms with Crippen LogP contribution >= 0.6 is 11.6 Å². The summed E-state index contributed by atoms with van der Waals surface area (Å²) in [7, 11) is 0. The molecule has 0 bridgehead atoms. The summed E-state index contributed by atoms with van der Waals surface area (Å²) in [6.45, 7) is 2.01. The molecule has 0 spiro atoms. The predicted octanol–water partition coefficient (Wildman–Crippen LogP) is 2.11. The molecule has 1 aromatic rings. The Morgan fingerprint density at radius 2 is 1.94 bits per heavy atom. The summed E-state index contributed by atoms with van der Waals surface area (Å²) in [4.78, 5) is 22.0. The van der Waals surface area contributed by atoms with E-state index in [0.29, 0.717) is 18.0 Å². The fourth-order valence-electron chi connectivity index (χ4n) is 1.43. The third-order valence-corrected chi connectivity index (χ3v) is 2.81. The fraction of sp³-hybridized carbons (Fsp3) is 0.385. The van der Waals surface area contributed by atoms with Crippen molar-refractivity contribution in [1.82, 2.24) is 5.32 Å². The van der Waals surface area contributed by atoms with Gasteiger partial charge in [-0.15, -0.1) is 0 Å². The molecule has 2 N–H and O–H groups in total. The molecule has 0 fully saturated rings. The maximum Gasteiger partial charge on any atom is 0.306 e. The van der Waals surface area contributed by atoms with Gasteiger partial charge < -0.3 is 10.4 Å². The number of carbonyl (C=O) groups is 2. The van der Waals surface area contributed by atoms with Crippen molar-refractivity contribution in [2.45, 2.75) is 19.8 Å². The maximum atomic E-state index is 11.4. The number of aliphatic carboxylic acids is 1. The zero-order valence-corrected chi connectivity index (χ0v) is 10.9. The minimum absolute atomic E-state index is 0.00987. The fourth-order valence-corrected chi connectivity index (χ4v) is 1.56. The van der Waals surface area contributed by atoms with Crippen molar-refractivity contribution in [3.05, 3.63) is 34.9 Å². The average molecular weight is 270 g/mol. The first kappa shape index (κ1) is 14.5. The molecule has 0 aliphatic carbocycles. The molecule has 0 aliphatic rings. The molecular weight excluding hydrogens is 254 g/mol. The van der Waals surface area contributed by atoms with Gasteiger partial charge in [-0.3, -0.25) is 9.59 Å². The van der Waals surface area contributed by atoms with E-state index >= 15 is 0 Å². The van der Waals surface area contributed by atoms with Crippen LogP contribution in [0.15, 0.2) is 24.3 Å². The first-order chi connectivity index (χ1) is 8.49. The summed E-state index contributed by atoms with van der Waals surface area (Å²) in [5.74, 6) is -1.85. The Hall–Kier alpha value is -1.55. The van der Waals surface area contributed by atoms with Crippen molar-refractivity contribution in [3.8, 4) is 0 Å². The van der Waals surface area contributed by atoms with E-state index in [1.54, 1.807) is 12.1 Å². The molecule has 0 radical (unpaired) electrons. The molecule has 0 saturated carbocycles. The number of benzene rings is 1. The van der Waals surface area contributed by atoms with E-state index in [0.717, 1.165) is 5.56 Å². The summed E-state index contributed by atoms with van der Waals surface area (Å²) in [6, 6.07) is 7.39. The molecule has 18 heavy (non-hydrogen) atoms. The Morgan fingerprint density at radius 1 is 1.33 bits per heavy atom. The van der Waals surface area contributed by atoms with Crippen molar-refractivity contribution in [1.29, 1.82) is 0 Å². The van der Waals surface area contributed by atoms with Crippen LogP contribution in [0.2, 0.25) is 5.02 Å². The van der Waals surface area contributed by atoms with Crippen LogP contribution in [0.4, 0.5) is 0 Å². The lowest BCUT2D eigenvalue weighted by atomic mass is 10.1. The monoisotopic (exact) mass is 269 g/mol. The molecule has 1 amide bonds. The quantitative estimate of drug-likeness (QED) is 0.831. The van der Waals surface area contributed by atoms with Gasteiger partial charge in [0.15, 0.2) is 0 Å². The second kappa shape index (κ2) is 7.01. The van der Waals surface area contributed by atoms with Crippen molar-refractivity contribution >= 4 is 23.5 Å². The lowest BCUT2D eigenvalue weighted by Gasteiger charge is -2.07. The van der Waals surface area contributed by atoms with Crippen LogP contribution in [0, 0.1) is 5.92 Å². The molecule has 1 rings (SSSR count). The number of rotatable bonds is 6. The molecular formula is C13H16ClNO3. The summed E-state index contributed by atoms with van der Waals surface area (Å²) in [5, 5.41) is 12.0. The van der Waals surface area contributed by atoms with E-state index in [2.05, 4.69) is 5.32 Å². The number of amides is 1. The van der Waals surface area contributed by atoms with Crippen molar-refractivity contribution < 1.29 is 14.7 Å². The van der Waals surface area contributed by atoms with Gasteiger partial charge in [0, 0.05) is 18.0 Å². The highest BCUT2D eigenvalue weighted by molar-refractivity contribution is 6.30. The van der Waals surface area contributed by atoms with Crippen LogP contribution in [0.1, 0.15) is 18.9 Å². The van der Waals surface area contributed by atoms with Gasteiger partial charge in [-0.25, -0.2) is 0 Å². The van der Waals surface area contributed by atoms with Crippen LogP contribution in [0.5, 0.6) is 0 Å². The Labute approximate surface area is 111 Å². The second-order valence-corrected chi connectivity index (χ2v) is 4.61. The molecule has 4 nitrogen and oxygen atoms in total. The van der Waals surface area contributed by atoms with Crippen LogP contribution in [-0.2, 0) is 16.0 Å². The molecule has 1 unspecified atom stereocenters. The average Bonchev–Trinajstić information content (AvgIpc) is 2.31. The van der Waals surface area contributed by atoms with Gasteiger partial charge in [0.1, 0.15) is 0 Å². The van der Waals surface area contributed by atoms with Gasteiger partial charge in [0.2, 0.25) is 5.91 Å². The van der Waals surface area contributed by atoms with E-state index in [1.165, 1.54) is 6.92 Å². The second-order valence-electron chi connectivity index (χ2n) is 4.17. The van der Waals surface area contributed by atoms with E-state index < -0.39 is 11.9 Å². The number of halogens is 1. The van der Waals surface area contributed by atoms with Gasteiger partial charge in [-0.1, -0.05) is 30.7 Å². The Kier molecular flexibility index (Phi) is 5.65. The predicted molar refractivity (Wildman–Crippen MR) is 69.6 cm³/mol. The standard InChI is InChI=1S/C13H16ClNO3/c1-9(13(17)18)8-12(16)15-7-6-10-2-4-11(14)5-3-10/h2-5,9H,6-8H2,1H3,(H,15,16)(H,17,18). The highest BCUT2D eigenvalue weighted by atomic mass is 35.5. The summed E-state index contributed by atoms with van der Waals surface area (Å²) in [6.07, 6.45) is 0.709. The Bertz CT molecular complexity index is 417. The first-order valence-corrected chi connectivity index (χ1v) is 6.11. The van der Waals surface area contributed by atoms with Crippen molar-refractivity contribution in [2.24, 2.45) is 5.92 Å². The van der Waals surface area contributed by atoms with Gasteiger partial charge >= 0.3 is 5.97 Å². The van der Waals surface area contributed by atoms with Gasteiger partial charge in [-0.05, 0) is 24.1 Å². The van der Waals surface area contributed by atoms with Crippen LogP contribution in [-0.4, -0.2) is 23.5 Å². The minimum Gasteiger partial charge on any atom is -0.481 e. The largest absolute Gasteiger partial charge is 0.481 e. The maximum absolute atomic E-state index is 11.4. The van der Waals surface area contributed by atoms with E-state index in [4.69, 9.17) is 16.7 Å². The molecule has 0 aromatic heterocycles. The van der Waals surface area contributed by atoms with E-state index in [9.17, 15) is 9.59 Å². The third-order valence-electron chi connectivity index (χ3n) is 2.56. The molecule has 0 aliphatic heterocycles. The smallest absolute Gasteiger partial charge is 0.306 e. The summed E-state index contributed by atoms with van der Waals surface area (Å²) in [5.41, 5.74) is 1.07. The SMILES string of the molecule is CC(CC(=O)NCCc1ccc(Cl)cc1)C(=O)O. The zero-order chi connectivity index (χ0) is 13.5. The van der Waals surface area contributed by atoms with Crippen LogP contribution in [0.25, 0.3) is 0 Å². The number of carboxylic acids is 1. The number of carboxylic acid groups (broad SMARTS) is 1. The zero-order valence-electron chi connectivity index (χ0n) is 10.1. The molecule has 5 heteroatoms. The van der Waals surface area contributed by atoms with Gasteiger partial charge in [0.25, 0.3) is 0 Å². The van der Waals surface area contributed by atoms with E-state index in [-0.39, 0.29) is 12.3 Å². The third kappa shape index (κ3) is 5.19. The highest BCUT2D eigenvalue weighted by Gasteiger charge is 2.14. The Morgan fingerprint density at radius 3 is 2.50 bits per heavy atom. The molecule has 0 heterocycles. The van der Waals surface area contributed by atoms with Gasteiger partial charge in [0.05, 0.1) is 5.92 Å². The highest BCUT2D eigenvalue weighted by Crippen LogP contribution is 2.09. The molecule has 1 aromatic carbocycles. The summed E-state index contributed by atoms with van der Waals surface area (Å²) < 4.78 is 0. The van der Waals surface area contributed by atoms with Crippen molar-refractivity contribution in [3.63, 3.8) is 0 Å². The minimum atomic E-state index is -0.956. The summed E-state index contributed by atoms with van der Waals surface area (Å²) >= 11 is 5.76. The number of hydrogen-bond donors (Lipinski definition) is 2. The molecule has 1 atom stereocenters. The van der Waals surface area contributed by atoms with Gasteiger partial charge in [-0.2, -0.15) is 0 Å². The lowest BCUT2D eigenvalue weighted by molar-refractivity contribution is -0.143. The van der Waals surface area contributed by atoms with Crippen LogP contribution in [0.3, 0.4) is 0 Å². The van der Waals surface area contributed by atoms with Crippen LogP contribution < -0.4 is 5.32 Å².